The molecule has 1 N–H and O–H groups in total. The number of hydrogen-bond acceptors (Lipinski definition) is 7. The molecule has 0 aromatic heterocycles. The second-order valence-electron chi connectivity index (χ2n) is 7.38. The molecule has 10 heteroatoms. The third kappa shape index (κ3) is 4.44. The van der Waals surface area contributed by atoms with Crippen LogP contribution in [-0.2, 0) is 19.6 Å². The van der Waals surface area contributed by atoms with Gasteiger partial charge in [0.05, 0.1) is 17.0 Å². The van der Waals surface area contributed by atoms with Crippen molar-refractivity contribution in [1.29, 1.82) is 0 Å². The van der Waals surface area contributed by atoms with Crippen molar-refractivity contribution in [3.8, 4) is 0 Å². The summed E-state index contributed by atoms with van der Waals surface area (Å²) in [6.45, 7) is 7.37. The Morgan fingerprint density at radius 2 is 2.04 bits per heavy atom. The molecule has 2 heterocycles. The fourth-order valence-corrected chi connectivity index (χ4v) is 4.91. The lowest BCUT2D eigenvalue weighted by molar-refractivity contribution is -0.130. The highest BCUT2D eigenvalue weighted by atomic mass is 32.2. The van der Waals surface area contributed by atoms with Gasteiger partial charge in [-0.05, 0) is 57.7 Å². The Balaban J connectivity index is 1.74. The standard InChI is InChI=1S/C17H21N3O5S2/c1-10(14(21)18-17(2,3)4)25-15(22)11-5-6-12-13(9-11)26-16-19-27(23,24)8-7-20(12)16/h5-6,9-10H,7-8H2,1-4H3,(H,18,21)/t10-/m1/s1. The van der Waals surface area contributed by atoms with E-state index in [4.69, 9.17) is 4.74 Å². The van der Waals surface area contributed by atoms with Crippen molar-refractivity contribution < 1.29 is 22.7 Å². The lowest BCUT2D eigenvalue weighted by Crippen LogP contribution is -2.46. The first kappa shape index (κ1) is 19.7. The highest BCUT2D eigenvalue weighted by Crippen LogP contribution is 2.42. The number of rotatable bonds is 3. The predicted octanol–water partition coefficient (Wildman–Crippen LogP) is 1.76. The molecule has 1 aromatic carbocycles. The zero-order chi connectivity index (χ0) is 20.0. The molecule has 2 aliphatic rings. The van der Waals surface area contributed by atoms with E-state index in [1.165, 1.54) is 18.7 Å². The number of fused-ring (bicyclic) bond motifs is 3. The van der Waals surface area contributed by atoms with E-state index in [-0.39, 0.29) is 11.7 Å². The van der Waals surface area contributed by atoms with E-state index in [0.29, 0.717) is 17.3 Å². The molecule has 0 spiro atoms. The molecule has 0 saturated carbocycles. The Kier molecular flexibility index (Phi) is 4.98. The van der Waals surface area contributed by atoms with Crippen molar-refractivity contribution in [1.82, 2.24) is 5.32 Å². The van der Waals surface area contributed by atoms with E-state index in [2.05, 4.69) is 9.71 Å². The van der Waals surface area contributed by atoms with Crippen molar-refractivity contribution in [2.75, 3.05) is 17.2 Å². The number of hydrogen-bond donors (Lipinski definition) is 1. The number of nitrogens with one attached hydrogen (secondary N) is 1. The third-order valence-corrected chi connectivity index (χ3v) is 6.17. The maximum Gasteiger partial charge on any atom is 0.338 e. The molecular weight excluding hydrogens is 390 g/mol. The van der Waals surface area contributed by atoms with Gasteiger partial charge in [-0.15, -0.1) is 4.40 Å². The molecular formula is C17H21N3O5S2. The number of sulfonamides is 1. The van der Waals surface area contributed by atoms with Crippen LogP contribution in [0.5, 0.6) is 0 Å². The van der Waals surface area contributed by atoms with Gasteiger partial charge < -0.3 is 15.0 Å². The van der Waals surface area contributed by atoms with Crippen LogP contribution in [0.3, 0.4) is 0 Å². The third-order valence-electron chi connectivity index (χ3n) is 3.86. The maximum atomic E-state index is 12.4. The van der Waals surface area contributed by atoms with Gasteiger partial charge in [0.25, 0.3) is 15.9 Å². The predicted molar refractivity (Wildman–Crippen MR) is 104 cm³/mol. The Labute approximate surface area is 162 Å². The molecule has 27 heavy (non-hydrogen) atoms. The largest absolute Gasteiger partial charge is 0.449 e. The van der Waals surface area contributed by atoms with Crippen LogP contribution in [0, 0.1) is 0 Å². The summed E-state index contributed by atoms with van der Waals surface area (Å²) in [6, 6.07) is 4.96. The minimum atomic E-state index is -3.43. The second kappa shape index (κ2) is 6.83. The van der Waals surface area contributed by atoms with Crippen molar-refractivity contribution in [3.63, 3.8) is 0 Å². The number of benzene rings is 1. The number of amides is 1. The highest BCUT2D eigenvalue weighted by molar-refractivity contribution is 8.15. The van der Waals surface area contributed by atoms with Crippen molar-refractivity contribution in [2.45, 2.75) is 44.2 Å². The van der Waals surface area contributed by atoms with Crippen LogP contribution in [0.2, 0.25) is 0 Å². The quantitative estimate of drug-likeness (QED) is 0.756. The molecule has 0 aliphatic carbocycles. The summed E-state index contributed by atoms with van der Waals surface area (Å²) in [6.07, 6.45) is -0.932. The lowest BCUT2D eigenvalue weighted by Gasteiger charge is -2.23. The molecule has 1 atom stereocenters. The molecule has 8 nitrogen and oxygen atoms in total. The topological polar surface area (TPSA) is 105 Å². The zero-order valence-electron chi connectivity index (χ0n) is 15.5. The summed E-state index contributed by atoms with van der Waals surface area (Å²) in [5, 5.41) is 3.15. The van der Waals surface area contributed by atoms with Gasteiger partial charge in [-0.3, -0.25) is 4.79 Å². The van der Waals surface area contributed by atoms with Crippen LogP contribution in [0.15, 0.2) is 27.5 Å². The molecule has 0 saturated heterocycles. The number of nitrogens with zero attached hydrogens (tertiary/aromatic N) is 2. The van der Waals surface area contributed by atoms with Crippen LogP contribution in [0.25, 0.3) is 0 Å². The van der Waals surface area contributed by atoms with Gasteiger partial charge >= 0.3 is 5.97 Å². The number of amidine groups is 1. The first-order valence-electron chi connectivity index (χ1n) is 8.40. The van der Waals surface area contributed by atoms with E-state index < -0.39 is 27.6 Å². The summed E-state index contributed by atoms with van der Waals surface area (Å²) in [7, 11) is -3.43. The normalized spacial score (nSPS) is 18.8. The van der Waals surface area contributed by atoms with Gasteiger partial charge in [-0.1, -0.05) is 0 Å². The molecule has 0 fully saturated rings. The average molecular weight is 412 g/mol. The highest BCUT2D eigenvalue weighted by Gasteiger charge is 2.33. The van der Waals surface area contributed by atoms with E-state index >= 15 is 0 Å². The van der Waals surface area contributed by atoms with Crippen molar-refractivity contribution >= 4 is 44.5 Å². The second-order valence-corrected chi connectivity index (χ2v) is 10.1. The Bertz CT molecular complexity index is 934. The number of carbonyl (C=O) groups is 2. The molecule has 1 aromatic rings. The van der Waals surface area contributed by atoms with Gasteiger partial charge in [0.2, 0.25) is 0 Å². The number of esters is 1. The zero-order valence-corrected chi connectivity index (χ0v) is 17.1. The minimum Gasteiger partial charge on any atom is -0.449 e. The monoisotopic (exact) mass is 411 g/mol. The molecule has 0 bridgehead atoms. The summed E-state index contributed by atoms with van der Waals surface area (Å²) < 4.78 is 32.4. The Morgan fingerprint density at radius 1 is 1.33 bits per heavy atom. The smallest absolute Gasteiger partial charge is 0.338 e. The van der Waals surface area contributed by atoms with E-state index in [9.17, 15) is 18.0 Å². The summed E-state index contributed by atoms with van der Waals surface area (Å²) >= 11 is 1.20. The lowest BCUT2D eigenvalue weighted by atomic mass is 10.1. The Morgan fingerprint density at radius 3 is 2.70 bits per heavy atom. The number of ether oxygens (including phenoxy) is 1. The van der Waals surface area contributed by atoms with Crippen LogP contribution in [0.4, 0.5) is 5.69 Å². The first-order chi connectivity index (χ1) is 12.5. The number of carbonyl (C=O) groups excluding carboxylic acids is 2. The molecule has 3 rings (SSSR count). The molecule has 0 unspecified atom stereocenters. The van der Waals surface area contributed by atoms with E-state index in [1.807, 2.05) is 25.7 Å². The van der Waals surface area contributed by atoms with Crippen LogP contribution >= 0.6 is 11.8 Å². The fourth-order valence-electron chi connectivity index (χ4n) is 2.61. The maximum absolute atomic E-state index is 12.4. The van der Waals surface area contributed by atoms with E-state index in [1.54, 1.807) is 18.2 Å². The van der Waals surface area contributed by atoms with Crippen LogP contribution in [0.1, 0.15) is 38.1 Å². The van der Waals surface area contributed by atoms with Gasteiger partial charge in [-0.25, -0.2) is 13.2 Å². The minimum absolute atomic E-state index is 0.0410. The van der Waals surface area contributed by atoms with Gasteiger partial charge in [0, 0.05) is 17.0 Å². The number of thioether (sulfide) groups is 1. The molecule has 2 aliphatic heterocycles. The van der Waals surface area contributed by atoms with Gasteiger partial charge in [0.15, 0.2) is 11.3 Å². The van der Waals surface area contributed by atoms with Gasteiger partial charge in [-0.2, -0.15) is 0 Å². The van der Waals surface area contributed by atoms with Crippen molar-refractivity contribution in [3.05, 3.63) is 23.8 Å². The summed E-state index contributed by atoms with van der Waals surface area (Å²) in [5.74, 6) is -1.03. The molecule has 1 amide bonds. The van der Waals surface area contributed by atoms with Crippen molar-refractivity contribution in [2.24, 2.45) is 4.40 Å². The fraction of sp³-hybridized carbons (Fsp3) is 0.471. The SMILES string of the molecule is C[C@@H](OC(=O)c1ccc2c(c1)SC1=NS(=O)(=O)CCN12)C(=O)NC(C)(C)C. The van der Waals surface area contributed by atoms with Gasteiger partial charge in [0.1, 0.15) is 0 Å². The average Bonchev–Trinajstić information content (AvgIpc) is 2.87. The first-order valence-corrected chi connectivity index (χ1v) is 10.8. The van der Waals surface area contributed by atoms with Crippen LogP contribution < -0.4 is 10.2 Å². The van der Waals surface area contributed by atoms with Crippen LogP contribution in [-0.4, -0.2) is 49.4 Å². The summed E-state index contributed by atoms with van der Waals surface area (Å²) in [4.78, 5) is 27.0. The number of anilines is 1. The molecule has 0 radical (unpaired) electrons. The molecule has 146 valence electrons. The van der Waals surface area contributed by atoms with E-state index in [0.717, 1.165) is 10.6 Å². The summed E-state index contributed by atoms with van der Waals surface area (Å²) in [5.41, 5.74) is 0.678. The Hall–Kier alpha value is -2.07.